The van der Waals surface area contributed by atoms with E-state index in [-0.39, 0.29) is 12.2 Å². The topological polar surface area (TPSA) is 75.6 Å². The van der Waals surface area contributed by atoms with Crippen LogP contribution < -0.4 is 9.47 Å². The molecule has 0 fully saturated rings. The van der Waals surface area contributed by atoms with Crippen molar-refractivity contribution in [2.45, 2.75) is 199 Å². The Kier molecular flexibility index (Phi) is 16.7. The van der Waals surface area contributed by atoms with Gasteiger partial charge in [0.1, 0.15) is 29.5 Å². The first kappa shape index (κ1) is 48.0. The van der Waals surface area contributed by atoms with Gasteiger partial charge in [-0.1, -0.05) is 137 Å². The summed E-state index contributed by atoms with van der Waals surface area (Å²) in [6.45, 7) is 42.6. The van der Waals surface area contributed by atoms with Crippen LogP contribution in [0.3, 0.4) is 0 Å². The molecule has 0 saturated heterocycles. The first-order chi connectivity index (χ1) is 25.5. The van der Waals surface area contributed by atoms with E-state index in [1.54, 1.807) is 14.2 Å². The Hall–Kier alpha value is -1.41. The van der Waals surface area contributed by atoms with Crippen LogP contribution in [0, 0.1) is 5.92 Å². The minimum absolute atomic E-state index is 0.372. The second-order valence-corrected chi connectivity index (χ2v) is 35.6. The lowest BCUT2D eigenvalue weighted by atomic mass is 9.83. The summed E-state index contributed by atoms with van der Waals surface area (Å²) in [5.74, 6) is 1.55. The lowest BCUT2D eigenvalue weighted by molar-refractivity contribution is -0.0905. The molecule has 3 rings (SSSR count). The molecule has 1 aliphatic carbocycles. The molecule has 0 amide bonds. The molecule has 1 aliphatic heterocycles. The fourth-order valence-electron chi connectivity index (χ4n) is 11.5. The van der Waals surface area contributed by atoms with Gasteiger partial charge in [-0.3, -0.25) is 0 Å². The van der Waals surface area contributed by atoms with Crippen LogP contribution in [0.4, 0.5) is 0 Å². The van der Waals surface area contributed by atoms with Gasteiger partial charge in [0.2, 0.25) is 25.0 Å². The van der Waals surface area contributed by atoms with Crippen LogP contribution in [0.25, 0.3) is 6.08 Å². The molecule has 55 heavy (non-hydrogen) atoms. The third-order valence-corrected chi connectivity index (χ3v) is 32.0. The molecule has 1 aromatic rings. The van der Waals surface area contributed by atoms with Crippen molar-refractivity contribution in [1.82, 2.24) is 0 Å². The lowest BCUT2D eigenvalue weighted by Crippen LogP contribution is -2.61. The van der Waals surface area contributed by atoms with E-state index in [1.807, 2.05) is 18.2 Å². The molecular formula is C45H82O7Si3. The maximum absolute atomic E-state index is 12.3. The van der Waals surface area contributed by atoms with Crippen LogP contribution >= 0.6 is 0 Å². The minimum atomic E-state index is -2.45. The molecule has 0 radical (unpaired) electrons. The Morgan fingerprint density at radius 2 is 1.02 bits per heavy atom. The zero-order valence-electron chi connectivity index (χ0n) is 38.6. The van der Waals surface area contributed by atoms with Crippen LogP contribution in [-0.2, 0) is 18.0 Å². The number of fused-ring (bicyclic) bond motifs is 1. The van der Waals surface area contributed by atoms with Crippen LogP contribution in [0.5, 0.6) is 11.5 Å². The van der Waals surface area contributed by atoms with Gasteiger partial charge in [0.25, 0.3) is 0 Å². The highest BCUT2D eigenvalue weighted by Crippen LogP contribution is 2.51. The molecule has 5 atom stereocenters. The van der Waals surface area contributed by atoms with E-state index >= 15 is 0 Å². The molecule has 1 aromatic carbocycles. The maximum Gasteiger partial charge on any atom is 0.201 e. The Morgan fingerprint density at radius 1 is 0.600 bits per heavy atom. The highest BCUT2D eigenvalue weighted by atomic mass is 28.4. The van der Waals surface area contributed by atoms with Crippen molar-refractivity contribution in [3.63, 3.8) is 0 Å². The van der Waals surface area contributed by atoms with E-state index in [0.717, 1.165) is 5.56 Å². The Labute approximate surface area is 340 Å². The SMILES string of the molecule is COc1ccc(OC)c2c1C=C[C@H](C1=C[C@@H](O[Si](C(C)C)(C(C)C)C(C)C)[C@H](O[Si](C(C)C)(C(C)C)C(C)C)[C@@H](CO[Si](C(C)C)(C(C)C)C(C)C)O1)[C@@H]2O. The fraction of sp³-hybridized carbons (Fsp3) is 0.778. The van der Waals surface area contributed by atoms with Gasteiger partial charge in [0, 0.05) is 11.1 Å². The van der Waals surface area contributed by atoms with Gasteiger partial charge in [-0.25, -0.2) is 0 Å². The van der Waals surface area contributed by atoms with Gasteiger partial charge < -0.3 is 32.6 Å². The molecular weight excluding hydrogens is 737 g/mol. The average Bonchev–Trinajstić information content (AvgIpc) is 3.08. The molecule has 2 aliphatic rings. The van der Waals surface area contributed by atoms with Gasteiger partial charge in [0.05, 0.1) is 39.0 Å². The van der Waals surface area contributed by atoms with E-state index in [4.69, 9.17) is 27.5 Å². The van der Waals surface area contributed by atoms with Gasteiger partial charge in [0.15, 0.2) is 0 Å². The summed E-state index contributed by atoms with van der Waals surface area (Å²) in [5, 5.41) is 12.3. The number of rotatable bonds is 19. The highest BCUT2D eigenvalue weighted by molar-refractivity contribution is 6.78. The van der Waals surface area contributed by atoms with E-state index in [2.05, 4.69) is 137 Å². The predicted molar refractivity (Wildman–Crippen MR) is 239 cm³/mol. The van der Waals surface area contributed by atoms with Crippen molar-refractivity contribution in [3.05, 3.63) is 41.2 Å². The van der Waals surface area contributed by atoms with Crippen molar-refractivity contribution in [1.29, 1.82) is 0 Å². The Balaban J connectivity index is 2.40. The second-order valence-electron chi connectivity index (χ2n) is 19.3. The third-order valence-electron chi connectivity index (χ3n) is 13.7. The molecule has 1 heterocycles. The maximum atomic E-state index is 12.3. The van der Waals surface area contributed by atoms with E-state index in [9.17, 15) is 5.11 Å². The van der Waals surface area contributed by atoms with Crippen molar-refractivity contribution in [3.8, 4) is 11.5 Å². The first-order valence-electron chi connectivity index (χ1n) is 21.5. The van der Waals surface area contributed by atoms with Crippen LogP contribution in [0.2, 0.25) is 49.9 Å². The molecule has 0 aromatic heterocycles. The summed E-state index contributed by atoms with van der Waals surface area (Å²) in [4.78, 5) is 0. The number of ether oxygens (including phenoxy) is 3. The van der Waals surface area contributed by atoms with Gasteiger partial charge >= 0.3 is 0 Å². The molecule has 0 unspecified atom stereocenters. The summed E-state index contributed by atoms with van der Waals surface area (Å²) < 4.78 is 42.1. The average molecular weight is 819 g/mol. The van der Waals surface area contributed by atoms with Crippen molar-refractivity contribution in [2.75, 3.05) is 20.8 Å². The third kappa shape index (κ3) is 8.96. The summed E-state index contributed by atoms with van der Waals surface area (Å²) in [5.41, 5.74) is 5.01. The predicted octanol–water partition coefficient (Wildman–Crippen LogP) is 13.0. The monoisotopic (exact) mass is 819 g/mol. The molecule has 10 heteroatoms. The molecule has 7 nitrogen and oxygen atoms in total. The normalized spacial score (nSPS) is 22.6. The number of methoxy groups -OCH3 is 2. The summed E-state index contributed by atoms with van der Waals surface area (Å²) in [7, 11) is -3.90. The lowest BCUT2D eigenvalue weighted by Gasteiger charge is -2.52. The van der Waals surface area contributed by atoms with E-state index in [1.165, 1.54) is 0 Å². The number of benzene rings is 1. The zero-order valence-corrected chi connectivity index (χ0v) is 41.6. The number of hydrogen-bond acceptors (Lipinski definition) is 7. The van der Waals surface area contributed by atoms with Gasteiger partial charge in [-0.2, -0.15) is 0 Å². The molecule has 0 bridgehead atoms. The summed E-state index contributed by atoms with van der Waals surface area (Å²) in [6, 6.07) is 3.76. The second kappa shape index (κ2) is 19.1. The van der Waals surface area contributed by atoms with Crippen molar-refractivity contribution in [2.24, 2.45) is 5.92 Å². The van der Waals surface area contributed by atoms with Crippen LogP contribution in [-0.4, -0.2) is 69.2 Å². The summed E-state index contributed by atoms with van der Waals surface area (Å²) in [6.07, 6.45) is 4.15. The molecule has 1 N–H and O–H groups in total. The standard InChI is InChI=1S/C45H82O7Si3/c1-27(2)53(28(3)4,29(5)6)49-26-42-45(52-55(33(13)14,34(15)16)35(17)18)41(51-54(30(7)8,31(9)10)32(11)12)25-40(50-42)37-22-21-36-38(47-19)23-24-39(48-20)43(36)44(37)46/h21-25,27-35,37,41-42,44-46H,26H2,1-20H3/t37-,41-,42-,44+,45+/m1/s1. The Bertz CT molecular complexity index is 1380. The molecule has 316 valence electrons. The van der Waals surface area contributed by atoms with Gasteiger partial charge in [-0.15, -0.1) is 0 Å². The quantitative estimate of drug-likeness (QED) is 0.139. The number of aliphatic hydroxyl groups excluding tert-OH is 1. The fourth-order valence-corrected chi connectivity index (χ4v) is 28.0. The zero-order chi connectivity index (χ0) is 42.0. The van der Waals surface area contributed by atoms with Gasteiger partial charge in [-0.05, 0) is 68.1 Å². The molecule has 0 spiro atoms. The highest BCUT2D eigenvalue weighted by Gasteiger charge is 2.55. The smallest absolute Gasteiger partial charge is 0.201 e. The van der Waals surface area contributed by atoms with E-state index in [0.29, 0.717) is 79.3 Å². The molecule has 0 saturated carbocycles. The number of hydrogen-bond donors (Lipinski definition) is 1. The largest absolute Gasteiger partial charge is 0.496 e. The number of aliphatic hydroxyl groups is 1. The van der Waals surface area contributed by atoms with Crippen LogP contribution in [0.15, 0.2) is 30.0 Å². The van der Waals surface area contributed by atoms with E-state index < -0.39 is 43.1 Å². The van der Waals surface area contributed by atoms with Crippen molar-refractivity contribution >= 4 is 31.0 Å². The first-order valence-corrected chi connectivity index (χ1v) is 27.9. The Morgan fingerprint density at radius 3 is 1.44 bits per heavy atom. The van der Waals surface area contributed by atoms with Crippen LogP contribution in [0.1, 0.15) is 142 Å². The summed E-state index contributed by atoms with van der Waals surface area (Å²) >= 11 is 0. The van der Waals surface area contributed by atoms with Crippen molar-refractivity contribution < 1.29 is 32.6 Å². The minimum Gasteiger partial charge on any atom is -0.496 e.